The lowest BCUT2D eigenvalue weighted by Gasteiger charge is -2.23. The molecule has 0 bridgehead atoms. The van der Waals surface area contributed by atoms with Gasteiger partial charge in [-0.2, -0.15) is 11.8 Å². The van der Waals surface area contributed by atoms with Gasteiger partial charge in [0.2, 0.25) is 0 Å². The molecular formula is C18H26ClNO3S. The number of rotatable bonds is 9. The number of ether oxygens (including phenoxy) is 1. The van der Waals surface area contributed by atoms with E-state index < -0.39 is 6.09 Å². The van der Waals surface area contributed by atoms with Gasteiger partial charge >= 0.3 is 6.09 Å². The van der Waals surface area contributed by atoms with Crippen molar-refractivity contribution < 1.29 is 14.3 Å². The second-order valence-electron chi connectivity index (χ2n) is 6.56. The van der Waals surface area contributed by atoms with Gasteiger partial charge in [-0.25, -0.2) is 4.79 Å². The van der Waals surface area contributed by atoms with Gasteiger partial charge in [0.15, 0.2) is 0 Å². The Labute approximate surface area is 153 Å². The number of nitrogens with one attached hydrogen (secondary N) is 1. The average molecular weight is 372 g/mol. The molecule has 4 nitrogen and oxygen atoms in total. The van der Waals surface area contributed by atoms with Gasteiger partial charge in [0.05, 0.1) is 0 Å². The van der Waals surface area contributed by atoms with Gasteiger partial charge in [0.25, 0.3) is 0 Å². The zero-order valence-electron chi connectivity index (χ0n) is 14.5. The maximum Gasteiger partial charge on any atom is 0.407 e. The molecule has 0 aromatic heterocycles. The van der Waals surface area contributed by atoms with E-state index in [9.17, 15) is 9.59 Å². The quantitative estimate of drug-likeness (QED) is 0.513. The van der Waals surface area contributed by atoms with E-state index in [2.05, 4.69) is 5.32 Å². The van der Waals surface area contributed by atoms with Crippen molar-refractivity contribution >= 4 is 35.7 Å². The van der Waals surface area contributed by atoms with Crippen molar-refractivity contribution in [1.82, 2.24) is 5.32 Å². The fraction of sp³-hybridized carbons (Fsp3) is 0.556. The molecule has 0 radical (unpaired) electrons. The minimum atomic E-state index is -0.414. The van der Waals surface area contributed by atoms with Crippen LogP contribution in [0, 0.1) is 0 Å². The van der Waals surface area contributed by atoms with Crippen molar-refractivity contribution in [1.29, 1.82) is 0 Å². The summed E-state index contributed by atoms with van der Waals surface area (Å²) in [4.78, 5) is 22.4. The maximum atomic E-state index is 12.0. The summed E-state index contributed by atoms with van der Waals surface area (Å²) in [7, 11) is 0. The number of carbonyl (C=O) groups is 2. The van der Waals surface area contributed by atoms with Crippen LogP contribution in [0.1, 0.15) is 39.2 Å². The monoisotopic (exact) mass is 371 g/mol. The van der Waals surface area contributed by atoms with E-state index in [4.69, 9.17) is 16.3 Å². The lowest BCUT2D eigenvalue weighted by atomic mass is 10.1. The van der Waals surface area contributed by atoms with Gasteiger partial charge < -0.3 is 14.8 Å². The summed E-state index contributed by atoms with van der Waals surface area (Å²) in [5.74, 6) is 1.40. The second kappa shape index (κ2) is 10.6. The molecule has 0 saturated carbocycles. The molecule has 24 heavy (non-hydrogen) atoms. The first-order chi connectivity index (χ1) is 11.3. The maximum absolute atomic E-state index is 12.0. The van der Waals surface area contributed by atoms with E-state index in [0.717, 1.165) is 29.0 Å². The zero-order valence-corrected chi connectivity index (χ0v) is 16.1. The van der Waals surface area contributed by atoms with Crippen molar-refractivity contribution in [3.63, 3.8) is 0 Å². The second-order valence-corrected chi connectivity index (χ2v) is 8.12. The number of aldehydes is 1. The third kappa shape index (κ3) is 9.18. The van der Waals surface area contributed by atoms with Crippen molar-refractivity contribution in [3.8, 4) is 0 Å². The summed E-state index contributed by atoms with van der Waals surface area (Å²) in [5.41, 5.74) is 0.705. The number of hydrogen-bond donors (Lipinski definition) is 1. The van der Waals surface area contributed by atoms with Crippen LogP contribution in [0.5, 0.6) is 0 Å². The van der Waals surface area contributed by atoms with Crippen LogP contribution in [0.25, 0.3) is 0 Å². The normalized spacial score (nSPS) is 12.5. The zero-order chi connectivity index (χ0) is 18.0. The Hall–Kier alpha value is -1.20. The van der Waals surface area contributed by atoms with Crippen LogP contribution >= 0.6 is 23.4 Å². The van der Waals surface area contributed by atoms with Crippen molar-refractivity contribution in [3.05, 3.63) is 34.9 Å². The molecule has 0 aliphatic rings. The van der Waals surface area contributed by atoms with Crippen LogP contribution in [0.3, 0.4) is 0 Å². The van der Waals surface area contributed by atoms with E-state index in [1.165, 1.54) is 0 Å². The first-order valence-corrected chi connectivity index (χ1v) is 9.58. The summed E-state index contributed by atoms with van der Waals surface area (Å²) < 4.78 is 5.57. The van der Waals surface area contributed by atoms with Crippen LogP contribution < -0.4 is 5.32 Å². The Morgan fingerprint density at radius 3 is 2.71 bits per heavy atom. The SMILES string of the molecule is CC(C)(C)NC(=O)OC(CCc1ccccc1Cl)CSCCC=O. The molecule has 1 aromatic rings. The molecule has 0 aliphatic heterocycles. The highest BCUT2D eigenvalue weighted by Crippen LogP contribution is 2.19. The fourth-order valence-corrected chi connectivity index (χ4v) is 3.18. The summed E-state index contributed by atoms with van der Waals surface area (Å²) in [6.45, 7) is 5.73. The number of aryl methyl sites for hydroxylation is 1. The summed E-state index contributed by atoms with van der Waals surface area (Å²) in [5, 5.41) is 3.53. The molecule has 0 heterocycles. The summed E-state index contributed by atoms with van der Waals surface area (Å²) in [6, 6.07) is 7.68. The minimum Gasteiger partial charge on any atom is -0.445 e. The van der Waals surface area contributed by atoms with Crippen LogP contribution in [-0.4, -0.2) is 35.5 Å². The predicted molar refractivity (Wildman–Crippen MR) is 101 cm³/mol. The van der Waals surface area contributed by atoms with Crippen molar-refractivity contribution in [2.75, 3.05) is 11.5 Å². The minimum absolute atomic E-state index is 0.222. The molecule has 134 valence electrons. The Balaban J connectivity index is 2.58. The predicted octanol–water partition coefficient (Wildman–Crippen LogP) is 4.49. The molecule has 1 N–H and O–H groups in total. The number of benzene rings is 1. The highest BCUT2D eigenvalue weighted by atomic mass is 35.5. The molecular weight excluding hydrogens is 346 g/mol. The molecule has 0 spiro atoms. The Kier molecular flexibility index (Phi) is 9.22. The van der Waals surface area contributed by atoms with E-state index in [0.29, 0.717) is 18.6 Å². The Morgan fingerprint density at radius 2 is 2.08 bits per heavy atom. The molecule has 0 saturated heterocycles. The van der Waals surface area contributed by atoms with Crippen LogP contribution in [0.2, 0.25) is 5.02 Å². The van der Waals surface area contributed by atoms with Gasteiger partial charge in [-0.3, -0.25) is 0 Å². The van der Waals surface area contributed by atoms with E-state index in [1.54, 1.807) is 11.8 Å². The number of halogens is 1. The number of carbonyl (C=O) groups excluding carboxylic acids is 2. The first kappa shape index (κ1) is 20.8. The molecule has 0 fully saturated rings. The molecule has 6 heteroatoms. The number of alkyl carbamates (subject to hydrolysis) is 1. The van der Waals surface area contributed by atoms with Gasteiger partial charge in [-0.05, 0) is 45.2 Å². The van der Waals surface area contributed by atoms with E-state index >= 15 is 0 Å². The molecule has 1 aromatic carbocycles. The van der Waals surface area contributed by atoms with E-state index in [1.807, 2.05) is 45.0 Å². The van der Waals surface area contributed by atoms with Crippen molar-refractivity contribution in [2.45, 2.75) is 51.7 Å². The van der Waals surface area contributed by atoms with Gasteiger partial charge in [0.1, 0.15) is 12.4 Å². The average Bonchev–Trinajstić information content (AvgIpc) is 2.48. The Morgan fingerprint density at radius 1 is 1.38 bits per heavy atom. The highest BCUT2D eigenvalue weighted by molar-refractivity contribution is 7.99. The lowest BCUT2D eigenvalue weighted by molar-refractivity contribution is -0.107. The van der Waals surface area contributed by atoms with Gasteiger partial charge in [0, 0.05) is 28.5 Å². The van der Waals surface area contributed by atoms with Crippen LogP contribution in [-0.2, 0) is 16.0 Å². The van der Waals surface area contributed by atoms with Crippen LogP contribution in [0.4, 0.5) is 4.79 Å². The first-order valence-electron chi connectivity index (χ1n) is 8.05. The fourth-order valence-electron chi connectivity index (χ4n) is 2.03. The topological polar surface area (TPSA) is 55.4 Å². The Bertz CT molecular complexity index is 531. The van der Waals surface area contributed by atoms with Gasteiger partial charge in [-0.15, -0.1) is 0 Å². The standard InChI is InChI=1S/C18H26ClNO3S/c1-18(2,3)20-17(22)23-15(13-24-12-6-11-21)10-9-14-7-4-5-8-16(14)19/h4-5,7-8,11,15H,6,9-10,12-13H2,1-3H3,(H,20,22). The lowest BCUT2D eigenvalue weighted by Crippen LogP contribution is -2.42. The molecule has 1 rings (SSSR count). The largest absolute Gasteiger partial charge is 0.445 e. The third-order valence-electron chi connectivity index (χ3n) is 3.13. The smallest absolute Gasteiger partial charge is 0.407 e. The number of hydrogen-bond acceptors (Lipinski definition) is 4. The molecule has 1 unspecified atom stereocenters. The molecule has 1 atom stereocenters. The summed E-state index contributed by atoms with van der Waals surface area (Å²) in [6.07, 6.45) is 2.20. The van der Waals surface area contributed by atoms with Crippen LogP contribution in [0.15, 0.2) is 24.3 Å². The third-order valence-corrected chi connectivity index (χ3v) is 4.63. The molecule has 0 aliphatic carbocycles. The van der Waals surface area contributed by atoms with Gasteiger partial charge in [-0.1, -0.05) is 29.8 Å². The number of thioether (sulfide) groups is 1. The molecule has 1 amide bonds. The van der Waals surface area contributed by atoms with E-state index in [-0.39, 0.29) is 11.6 Å². The van der Waals surface area contributed by atoms with Crippen molar-refractivity contribution in [2.24, 2.45) is 0 Å². The highest BCUT2D eigenvalue weighted by Gasteiger charge is 2.19. The number of amides is 1. The summed E-state index contributed by atoms with van der Waals surface area (Å²) >= 11 is 7.80.